The zero-order chi connectivity index (χ0) is 15.5. The van der Waals surface area contributed by atoms with Crippen molar-refractivity contribution in [2.45, 2.75) is 0 Å². The minimum atomic E-state index is -1.10. The number of rotatable bonds is 4. The standard InChI is InChI=1S/C15H12N2O5/c1-20-12-6-14-13(21-8-22-14)4-9(12)2-3-10-5-11(15(18)19)17-7-16-10/h2-7H,8H2,1H3,(H,18,19)/b3-2+. The fourth-order valence-electron chi connectivity index (χ4n) is 2.00. The van der Waals surface area contributed by atoms with Crippen LogP contribution in [0.2, 0.25) is 0 Å². The summed E-state index contributed by atoms with van der Waals surface area (Å²) in [6.07, 6.45) is 4.64. The highest BCUT2D eigenvalue weighted by atomic mass is 16.7. The van der Waals surface area contributed by atoms with Crippen LogP contribution in [0.25, 0.3) is 12.2 Å². The fourth-order valence-corrected chi connectivity index (χ4v) is 2.00. The number of ether oxygens (including phenoxy) is 3. The van der Waals surface area contributed by atoms with E-state index in [1.807, 2.05) is 0 Å². The van der Waals surface area contributed by atoms with Crippen molar-refractivity contribution in [2.24, 2.45) is 0 Å². The summed E-state index contributed by atoms with van der Waals surface area (Å²) in [6, 6.07) is 4.92. The van der Waals surface area contributed by atoms with Gasteiger partial charge in [-0.1, -0.05) is 0 Å². The van der Waals surface area contributed by atoms with Crippen LogP contribution in [0.5, 0.6) is 17.2 Å². The van der Waals surface area contributed by atoms with Crippen molar-refractivity contribution in [3.8, 4) is 17.2 Å². The molecule has 22 heavy (non-hydrogen) atoms. The number of carboxylic acids is 1. The lowest BCUT2D eigenvalue weighted by Crippen LogP contribution is -2.00. The average Bonchev–Trinajstić information content (AvgIpc) is 2.99. The molecule has 0 amide bonds. The third-order valence-corrected chi connectivity index (χ3v) is 3.07. The van der Waals surface area contributed by atoms with Crippen LogP contribution in [0.1, 0.15) is 21.7 Å². The Balaban J connectivity index is 1.92. The van der Waals surface area contributed by atoms with Crippen molar-refractivity contribution < 1.29 is 24.1 Å². The second kappa shape index (κ2) is 5.72. The van der Waals surface area contributed by atoms with Crippen molar-refractivity contribution in [3.05, 3.63) is 41.5 Å². The van der Waals surface area contributed by atoms with Crippen LogP contribution in [-0.2, 0) is 0 Å². The van der Waals surface area contributed by atoms with Gasteiger partial charge in [-0.25, -0.2) is 14.8 Å². The molecule has 1 aromatic carbocycles. The average molecular weight is 300 g/mol. The third-order valence-electron chi connectivity index (χ3n) is 3.07. The molecule has 0 aliphatic carbocycles. The van der Waals surface area contributed by atoms with Gasteiger partial charge < -0.3 is 19.3 Å². The molecule has 0 radical (unpaired) electrons. The predicted molar refractivity (Wildman–Crippen MR) is 77.0 cm³/mol. The number of aromatic carboxylic acids is 1. The fraction of sp³-hybridized carbons (Fsp3) is 0.133. The van der Waals surface area contributed by atoms with E-state index in [0.717, 1.165) is 5.56 Å². The van der Waals surface area contributed by atoms with Crippen LogP contribution in [0.15, 0.2) is 24.5 Å². The molecule has 1 N–H and O–H groups in total. The summed E-state index contributed by atoms with van der Waals surface area (Å²) >= 11 is 0. The van der Waals surface area contributed by atoms with E-state index in [1.54, 1.807) is 31.4 Å². The van der Waals surface area contributed by atoms with Crippen molar-refractivity contribution in [2.75, 3.05) is 13.9 Å². The quantitative estimate of drug-likeness (QED) is 0.924. The number of benzene rings is 1. The number of aromatic nitrogens is 2. The summed E-state index contributed by atoms with van der Waals surface area (Å²) < 4.78 is 15.9. The maximum atomic E-state index is 10.9. The molecular weight excluding hydrogens is 288 g/mol. The summed E-state index contributed by atoms with van der Waals surface area (Å²) in [6.45, 7) is 0.180. The van der Waals surface area contributed by atoms with Crippen LogP contribution < -0.4 is 14.2 Å². The minimum absolute atomic E-state index is 0.0627. The first-order valence-corrected chi connectivity index (χ1v) is 6.38. The van der Waals surface area contributed by atoms with Gasteiger partial charge >= 0.3 is 5.97 Å². The first-order valence-electron chi connectivity index (χ1n) is 6.38. The van der Waals surface area contributed by atoms with Gasteiger partial charge in [-0.3, -0.25) is 0 Å². The van der Waals surface area contributed by atoms with E-state index < -0.39 is 5.97 Å². The van der Waals surface area contributed by atoms with E-state index >= 15 is 0 Å². The molecule has 0 bridgehead atoms. The normalized spacial score (nSPS) is 12.6. The van der Waals surface area contributed by atoms with Gasteiger partial charge in [0.15, 0.2) is 17.2 Å². The molecule has 112 valence electrons. The lowest BCUT2D eigenvalue weighted by molar-refractivity contribution is 0.0690. The Kier molecular flexibility index (Phi) is 3.61. The van der Waals surface area contributed by atoms with E-state index in [2.05, 4.69) is 9.97 Å². The molecular formula is C15H12N2O5. The maximum absolute atomic E-state index is 10.9. The lowest BCUT2D eigenvalue weighted by atomic mass is 10.1. The Morgan fingerprint density at radius 2 is 2.00 bits per heavy atom. The molecule has 0 unspecified atom stereocenters. The zero-order valence-corrected chi connectivity index (χ0v) is 11.6. The maximum Gasteiger partial charge on any atom is 0.354 e. The second-order valence-corrected chi connectivity index (χ2v) is 4.41. The monoisotopic (exact) mass is 300 g/mol. The topological polar surface area (TPSA) is 90.8 Å². The summed E-state index contributed by atoms with van der Waals surface area (Å²) in [4.78, 5) is 18.6. The molecule has 0 saturated heterocycles. The zero-order valence-electron chi connectivity index (χ0n) is 11.6. The van der Waals surface area contributed by atoms with Gasteiger partial charge in [0.1, 0.15) is 12.1 Å². The predicted octanol–water partition coefficient (Wildman–Crippen LogP) is 2.08. The van der Waals surface area contributed by atoms with E-state index in [-0.39, 0.29) is 12.5 Å². The molecule has 7 nitrogen and oxygen atoms in total. The van der Waals surface area contributed by atoms with E-state index in [0.29, 0.717) is 22.9 Å². The van der Waals surface area contributed by atoms with Gasteiger partial charge in [0.2, 0.25) is 6.79 Å². The molecule has 7 heteroatoms. The molecule has 2 aromatic rings. The van der Waals surface area contributed by atoms with Crippen LogP contribution in [0.3, 0.4) is 0 Å². The molecule has 2 heterocycles. The molecule has 3 rings (SSSR count). The Labute approximate surface area is 125 Å². The van der Waals surface area contributed by atoms with E-state index in [1.165, 1.54) is 12.4 Å². The SMILES string of the molecule is COc1cc2c(cc1/C=C/c1cc(C(=O)O)ncn1)OCO2. The highest BCUT2D eigenvalue weighted by molar-refractivity contribution is 5.86. The number of carbonyl (C=O) groups is 1. The van der Waals surface area contributed by atoms with Gasteiger partial charge in [-0.2, -0.15) is 0 Å². The summed E-state index contributed by atoms with van der Waals surface area (Å²) in [5.74, 6) is 0.782. The lowest BCUT2D eigenvalue weighted by Gasteiger charge is -2.06. The van der Waals surface area contributed by atoms with Gasteiger partial charge in [0.25, 0.3) is 0 Å². The van der Waals surface area contributed by atoms with Gasteiger partial charge in [0.05, 0.1) is 12.8 Å². The number of fused-ring (bicyclic) bond motifs is 1. The Bertz CT molecular complexity index is 758. The van der Waals surface area contributed by atoms with Crippen LogP contribution in [-0.4, -0.2) is 34.9 Å². The second-order valence-electron chi connectivity index (χ2n) is 4.41. The number of methoxy groups -OCH3 is 1. The van der Waals surface area contributed by atoms with Crippen LogP contribution >= 0.6 is 0 Å². The summed E-state index contributed by atoms with van der Waals surface area (Å²) in [5.41, 5.74) is 1.18. The van der Waals surface area contributed by atoms with E-state index in [9.17, 15) is 4.79 Å². The Morgan fingerprint density at radius 3 is 2.73 bits per heavy atom. The Hall–Kier alpha value is -3.09. The van der Waals surface area contributed by atoms with Gasteiger partial charge in [0, 0.05) is 11.6 Å². The summed E-state index contributed by atoms with van der Waals surface area (Å²) in [7, 11) is 1.56. The Morgan fingerprint density at radius 1 is 1.23 bits per heavy atom. The molecule has 0 atom stereocenters. The minimum Gasteiger partial charge on any atom is -0.496 e. The van der Waals surface area contributed by atoms with Crippen LogP contribution in [0, 0.1) is 0 Å². The number of hydrogen-bond acceptors (Lipinski definition) is 6. The first-order chi connectivity index (χ1) is 10.7. The molecule has 1 aromatic heterocycles. The van der Waals surface area contributed by atoms with Crippen molar-refractivity contribution in [3.63, 3.8) is 0 Å². The van der Waals surface area contributed by atoms with Crippen molar-refractivity contribution in [1.82, 2.24) is 9.97 Å². The largest absolute Gasteiger partial charge is 0.496 e. The highest BCUT2D eigenvalue weighted by Crippen LogP contribution is 2.38. The number of hydrogen-bond donors (Lipinski definition) is 1. The smallest absolute Gasteiger partial charge is 0.354 e. The van der Waals surface area contributed by atoms with Crippen LogP contribution in [0.4, 0.5) is 0 Å². The molecule has 0 saturated carbocycles. The molecule has 1 aliphatic heterocycles. The number of carboxylic acid groups (broad SMARTS) is 1. The molecule has 1 aliphatic rings. The van der Waals surface area contributed by atoms with E-state index in [4.69, 9.17) is 19.3 Å². The first kappa shape index (κ1) is 13.9. The molecule has 0 spiro atoms. The number of nitrogens with zero attached hydrogens (tertiary/aromatic N) is 2. The summed E-state index contributed by atoms with van der Waals surface area (Å²) in [5, 5.41) is 8.92. The third kappa shape index (κ3) is 2.69. The van der Waals surface area contributed by atoms with Gasteiger partial charge in [-0.05, 0) is 24.3 Å². The highest BCUT2D eigenvalue weighted by Gasteiger charge is 2.16. The van der Waals surface area contributed by atoms with Crippen molar-refractivity contribution >= 4 is 18.1 Å². The van der Waals surface area contributed by atoms with Crippen molar-refractivity contribution in [1.29, 1.82) is 0 Å². The van der Waals surface area contributed by atoms with Gasteiger partial charge in [-0.15, -0.1) is 0 Å². The molecule has 0 fully saturated rings.